The molecule has 4 nitrogen and oxygen atoms in total. The Morgan fingerprint density at radius 3 is 1.77 bits per heavy atom. The minimum absolute atomic E-state index is 0.221. The molecule has 0 bridgehead atoms. The number of anilines is 2. The molecule has 0 radical (unpaired) electrons. The smallest absolute Gasteiger partial charge is 0.339 e. The maximum absolute atomic E-state index is 12.8. The van der Waals surface area contributed by atoms with Crippen molar-refractivity contribution >= 4 is 17.3 Å². The van der Waals surface area contributed by atoms with Gasteiger partial charge < -0.3 is 14.5 Å². The van der Waals surface area contributed by atoms with Gasteiger partial charge in [0.1, 0.15) is 0 Å². The lowest BCUT2D eigenvalue weighted by Crippen LogP contribution is -2.55. The lowest BCUT2D eigenvalue weighted by atomic mass is 9.69. The van der Waals surface area contributed by atoms with Gasteiger partial charge in [0.05, 0.1) is 5.56 Å². The molecule has 7 atom stereocenters. The first-order valence-corrected chi connectivity index (χ1v) is 16.0. The molecule has 4 heteroatoms. The van der Waals surface area contributed by atoms with Gasteiger partial charge in [-0.2, -0.15) is 0 Å². The Hall–Kier alpha value is -2.49. The fraction of sp³-hybridized carbons (Fsp3) is 0.639. The molecule has 7 unspecified atom stereocenters. The van der Waals surface area contributed by atoms with Crippen LogP contribution in [0.5, 0.6) is 0 Å². The maximum Gasteiger partial charge on any atom is 0.339 e. The normalized spacial score (nSPS) is 30.4. The van der Waals surface area contributed by atoms with E-state index in [1.54, 1.807) is 0 Å². The molecule has 2 saturated carbocycles. The summed E-state index contributed by atoms with van der Waals surface area (Å²) in [6, 6.07) is 16.4. The fourth-order valence-electron chi connectivity index (χ4n) is 8.10. The van der Waals surface area contributed by atoms with Crippen LogP contribution in [0.3, 0.4) is 0 Å². The highest BCUT2D eigenvalue weighted by atomic mass is 16.5. The fourth-order valence-corrected chi connectivity index (χ4v) is 8.10. The highest BCUT2D eigenvalue weighted by Crippen LogP contribution is 2.45. The predicted octanol–water partition coefficient (Wildman–Crippen LogP) is 8.74. The van der Waals surface area contributed by atoms with E-state index in [9.17, 15) is 4.79 Å². The average molecular weight is 545 g/mol. The van der Waals surface area contributed by atoms with Gasteiger partial charge in [0, 0.05) is 43.1 Å². The van der Waals surface area contributed by atoms with E-state index in [0.717, 1.165) is 40.5 Å². The molecule has 3 aliphatic rings. The van der Waals surface area contributed by atoms with Crippen molar-refractivity contribution in [2.75, 3.05) is 23.9 Å². The second kappa shape index (κ2) is 11.8. The van der Waals surface area contributed by atoms with E-state index in [1.165, 1.54) is 44.2 Å². The molecule has 1 aliphatic heterocycles. The number of hydrogen-bond acceptors (Lipinski definition) is 4. The average Bonchev–Trinajstić information content (AvgIpc) is 3.24. The minimum atomic E-state index is -0.336. The van der Waals surface area contributed by atoms with Crippen LogP contribution in [0.4, 0.5) is 11.4 Å². The van der Waals surface area contributed by atoms with Gasteiger partial charge in [-0.3, -0.25) is 0 Å². The molecule has 5 rings (SSSR count). The molecular formula is C36H52N2O2. The van der Waals surface area contributed by atoms with Crippen molar-refractivity contribution in [1.82, 2.24) is 0 Å². The van der Waals surface area contributed by atoms with Crippen molar-refractivity contribution in [3.8, 4) is 0 Å². The van der Waals surface area contributed by atoms with Crippen LogP contribution in [0, 0.1) is 35.5 Å². The first kappa shape index (κ1) is 29.0. The monoisotopic (exact) mass is 544 g/mol. The van der Waals surface area contributed by atoms with Crippen LogP contribution >= 0.6 is 0 Å². The van der Waals surface area contributed by atoms with Crippen LogP contribution in [0.25, 0.3) is 0 Å². The molecule has 0 N–H and O–H groups in total. The van der Waals surface area contributed by atoms with E-state index in [0.29, 0.717) is 29.5 Å². The molecule has 2 aromatic rings. The van der Waals surface area contributed by atoms with Crippen molar-refractivity contribution in [1.29, 1.82) is 0 Å². The van der Waals surface area contributed by atoms with Gasteiger partial charge in [-0.05, 0) is 91.0 Å². The highest BCUT2D eigenvalue weighted by Gasteiger charge is 2.42. The van der Waals surface area contributed by atoms with Gasteiger partial charge in [-0.15, -0.1) is 0 Å². The molecule has 0 aromatic heterocycles. The zero-order valence-corrected chi connectivity index (χ0v) is 26.2. The summed E-state index contributed by atoms with van der Waals surface area (Å²) in [6.07, 6.45) is 7.58. The molecule has 218 valence electrons. The number of cyclic esters (lactones) is 1. The Bertz CT molecular complexity index is 1140. The third-order valence-corrected chi connectivity index (χ3v) is 10.5. The lowest BCUT2D eigenvalue weighted by Gasteiger charge is -2.53. The Morgan fingerprint density at radius 1 is 0.750 bits per heavy atom. The lowest BCUT2D eigenvalue weighted by molar-refractivity contribution is 0.0456. The van der Waals surface area contributed by atoms with Crippen molar-refractivity contribution in [3.05, 3.63) is 59.2 Å². The maximum atomic E-state index is 12.8. The summed E-state index contributed by atoms with van der Waals surface area (Å²) in [5.74, 6) is 4.10. The van der Waals surface area contributed by atoms with E-state index < -0.39 is 0 Å². The molecular weight excluding hydrogens is 492 g/mol. The van der Waals surface area contributed by atoms with Crippen LogP contribution < -0.4 is 9.80 Å². The van der Waals surface area contributed by atoms with Gasteiger partial charge >= 0.3 is 5.97 Å². The largest absolute Gasteiger partial charge is 0.449 e. The molecule has 2 aromatic carbocycles. The number of fused-ring (bicyclic) bond motifs is 1. The highest BCUT2D eigenvalue weighted by molar-refractivity contribution is 5.95. The Morgan fingerprint density at radius 2 is 1.27 bits per heavy atom. The Kier molecular flexibility index (Phi) is 8.55. The van der Waals surface area contributed by atoms with Crippen LogP contribution in [-0.4, -0.2) is 32.1 Å². The number of carbonyl (C=O) groups is 1. The van der Waals surface area contributed by atoms with E-state index in [2.05, 4.69) is 82.8 Å². The van der Waals surface area contributed by atoms with Gasteiger partial charge in [-0.25, -0.2) is 4.79 Å². The SMILES string of the molecule is CC1CCC(C(C)C)C(N(c2ccc(C3OC(=O)c4cc(N(C)C)ccc43)cc2)C2CC(C)CCC2C(C)C)C1. The van der Waals surface area contributed by atoms with E-state index in [-0.39, 0.29) is 12.1 Å². The Balaban J connectivity index is 1.51. The zero-order valence-electron chi connectivity index (χ0n) is 26.2. The van der Waals surface area contributed by atoms with Crippen molar-refractivity contribution in [3.63, 3.8) is 0 Å². The number of carbonyl (C=O) groups excluding carboxylic acids is 1. The number of rotatable bonds is 7. The number of nitrogens with zero attached hydrogens (tertiary/aromatic N) is 2. The summed E-state index contributed by atoms with van der Waals surface area (Å²) in [4.78, 5) is 17.8. The number of ether oxygens (including phenoxy) is 1. The summed E-state index contributed by atoms with van der Waals surface area (Å²) in [6.45, 7) is 14.7. The third-order valence-electron chi connectivity index (χ3n) is 10.5. The van der Waals surface area contributed by atoms with Gasteiger partial charge in [0.2, 0.25) is 0 Å². The quantitative estimate of drug-likeness (QED) is 0.326. The number of hydrogen-bond donors (Lipinski definition) is 0. The first-order chi connectivity index (χ1) is 19.0. The first-order valence-electron chi connectivity index (χ1n) is 16.0. The van der Waals surface area contributed by atoms with Crippen LogP contribution in [0.2, 0.25) is 0 Å². The molecule has 0 saturated heterocycles. The van der Waals surface area contributed by atoms with Gasteiger partial charge in [-0.1, -0.05) is 72.6 Å². The summed E-state index contributed by atoms with van der Waals surface area (Å²) in [5, 5.41) is 0. The third kappa shape index (κ3) is 5.65. The molecule has 0 amide bonds. The van der Waals surface area contributed by atoms with Crippen LogP contribution in [0.1, 0.15) is 108 Å². The van der Waals surface area contributed by atoms with Crippen molar-refractivity contribution in [2.45, 2.75) is 98.3 Å². The molecule has 1 heterocycles. The van der Waals surface area contributed by atoms with Gasteiger partial charge in [0.15, 0.2) is 6.10 Å². The zero-order chi connectivity index (χ0) is 28.7. The topological polar surface area (TPSA) is 32.8 Å². The minimum Gasteiger partial charge on any atom is -0.449 e. The van der Waals surface area contributed by atoms with Crippen molar-refractivity contribution in [2.24, 2.45) is 35.5 Å². The Labute approximate surface area is 243 Å². The molecule has 0 spiro atoms. The van der Waals surface area contributed by atoms with Gasteiger partial charge in [0.25, 0.3) is 0 Å². The van der Waals surface area contributed by atoms with Crippen LogP contribution in [-0.2, 0) is 4.74 Å². The van der Waals surface area contributed by atoms with E-state index in [4.69, 9.17) is 4.74 Å². The number of benzene rings is 2. The summed E-state index contributed by atoms with van der Waals surface area (Å²) >= 11 is 0. The summed E-state index contributed by atoms with van der Waals surface area (Å²) < 4.78 is 5.94. The summed E-state index contributed by atoms with van der Waals surface area (Å²) in [5.41, 5.74) is 5.09. The van der Waals surface area contributed by atoms with E-state index >= 15 is 0 Å². The predicted molar refractivity (Wildman–Crippen MR) is 167 cm³/mol. The second-order valence-corrected chi connectivity index (χ2v) is 14.2. The second-order valence-electron chi connectivity index (χ2n) is 14.2. The standard InChI is InChI=1S/C36H52N2O2/c1-22(2)29-16-9-24(5)19-33(29)38(34-20-25(6)10-17-30(34)23(3)4)27-13-11-26(12-14-27)35-31-18-15-28(37(7)8)21-32(31)36(39)40-35/h11-15,18,21-25,29-30,33-35H,9-10,16-17,19-20H2,1-8H3. The number of esters is 1. The van der Waals surface area contributed by atoms with E-state index in [1.807, 2.05) is 25.1 Å². The molecule has 2 fully saturated rings. The molecule has 2 aliphatic carbocycles. The molecule has 40 heavy (non-hydrogen) atoms. The van der Waals surface area contributed by atoms with Crippen molar-refractivity contribution < 1.29 is 9.53 Å². The summed E-state index contributed by atoms with van der Waals surface area (Å²) in [7, 11) is 4.00. The van der Waals surface area contributed by atoms with Crippen LogP contribution in [0.15, 0.2) is 42.5 Å².